The average Bonchev–Trinajstić information content (AvgIpc) is 3.40. The van der Waals surface area contributed by atoms with E-state index in [1.165, 1.54) is 17.8 Å². The Kier molecular flexibility index (Phi) is 6.13. The number of fused-ring (bicyclic) bond motifs is 3. The summed E-state index contributed by atoms with van der Waals surface area (Å²) in [5.74, 6) is -1.09. The molecule has 1 fully saturated rings. The topological polar surface area (TPSA) is 36.4 Å². The van der Waals surface area contributed by atoms with Gasteiger partial charge in [0.05, 0.1) is 5.56 Å². The standard InChI is InChI=1S/C30H24Cl2FN3O/c31-22-11-7-20(8-12-22)18-30-15-17-35(28(37)24-4-3-16-34-27(24)33)29(30)36(26-6-2-1-5-25(26)30)19-21-9-13-23(32)14-10-21/h1-14,16,29H,15,17-19H2. The number of hydrogen-bond acceptors (Lipinski definition) is 3. The van der Waals surface area contributed by atoms with Crippen LogP contribution in [0.2, 0.25) is 10.0 Å². The summed E-state index contributed by atoms with van der Waals surface area (Å²) < 4.78 is 14.7. The summed E-state index contributed by atoms with van der Waals surface area (Å²) in [6.45, 7) is 1.09. The summed E-state index contributed by atoms with van der Waals surface area (Å²) in [5.41, 5.74) is 4.12. The van der Waals surface area contributed by atoms with Gasteiger partial charge in [-0.1, -0.05) is 65.7 Å². The van der Waals surface area contributed by atoms with E-state index in [-0.39, 0.29) is 23.1 Å². The fraction of sp³-hybridized carbons (Fsp3) is 0.200. The largest absolute Gasteiger partial charge is 0.346 e. The van der Waals surface area contributed by atoms with Crippen molar-refractivity contribution in [3.05, 3.63) is 129 Å². The zero-order valence-electron chi connectivity index (χ0n) is 19.9. The van der Waals surface area contributed by atoms with Crippen LogP contribution in [0, 0.1) is 5.95 Å². The fourth-order valence-electron chi connectivity index (χ4n) is 6.00. The monoisotopic (exact) mass is 531 g/mol. The molecule has 37 heavy (non-hydrogen) atoms. The highest BCUT2D eigenvalue weighted by molar-refractivity contribution is 6.30. The lowest BCUT2D eigenvalue weighted by Gasteiger charge is -2.38. The molecule has 2 aliphatic rings. The van der Waals surface area contributed by atoms with Gasteiger partial charge in [0, 0.05) is 40.4 Å². The van der Waals surface area contributed by atoms with E-state index < -0.39 is 5.95 Å². The minimum Gasteiger partial charge on any atom is -0.346 e. The molecule has 2 unspecified atom stereocenters. The van der Waals surface area contributed by atoms with Crippen LogP contribution in [0.3, 0.4) is 0 Å². The zero-order chi connectivity index (χ0) is 25.6. The number of rotatable bonds is 5. The van der Waals surface area contributed by atoms with Crippen LogP contribution in [-0.2, 0) is 18.4 Å². The Bertz CT molecular complexity index is 1460. The van der Waals surface area contributed by atoms with Crippen molar-refractivity contribution in [2.75, 3.05) is 11.4 Å². The van der Waals surface area contributed by atoms with Gasteiger partial charge in [0.15, 0.2) is 0 Å². The lowest BCUT2D eigenvalue weighted by molar-refractivity contribution is 0.0703. The maximum absolute atomic E-state index is 14.7. The number of nitrogens with zero attached hydrogens (tertiary/aromatic N) is 3. The molecule has 6 rings (SSSR count). The normalized spacial score (nSPS) is 20.1. The van der Waals surface area contributed by atoms with Gasteiger partial charge in [0.1, 0.15) is 6.17 Å². The molecule has 3 aromatic carbocycles. The molecule has 0 bridgehead atoms. The van der Waals surface area contributed by atoms with E-state index >= 15 is 0 Å². The van der Waals surface area contributed by atoms with E-state index in [1.807, 2.05) is 59.5 Å². The highest BCUT2D eigenvalue weighted by atomic mass is 35.5. The quantitative estimate of drug-likeness (QED) is 0.263. The Hall–Kier alpha value is -3.41. The molecule has 0 aliphatic carbocycles. The second kappa shape index (κ2) is 9.47. The van der Waals surface area contributed by atoms with Crippen LogP contribution in [0.1, 0.15) is 33.5 Å². The highest BCUT2D eigenvalue weighted by Crippen LogP contribution is 2.54. The number of amides is 1. The van der Waals surface area contributed by atoms with Crippen molar-refractivity contribution in [3.63, 3.8) is 0 Å². The summed E-state index contributed by atoms with van der Waals surface area (Å²) in [6, 6.07) is 27.1. The minimum absolute atomic E-state index is 0.00723. The van der Waals surface area contributed by atoms with Gasteiger partial charge in [-0.25, -0.2) is 4.98 Å². The molecule has 0 saturated carbocycles. The van der Waals surface area contributed by atoms with E-state index in [4.69, 9.17) is 23.2 Å². The van der Waals surface area contributed by atoms with Gasteiger partial charge in [-0.3, -0.25) is 4.79 Å². The van der Waals surface area contributed by atoms with Crippen LogP contribution in [0.5, 0.6) is 0 Å². The first-order chi connectivity index (χ1) is 18.0. The molecule has 0 N–H and O–H groups in total. The number of halogens is 3. The molecular formula is C30H24Cl2FN3O. The lowest BCUT2D eigenvalue weighted by Crippen LogP contribution is -2.52. The van der Waals surface area contributed by atoms with Crippen LogP contribution in [0.4, 0.5) is 10.1 Å². The Morgan fingerprint density at radius 3 is 2.30 bits per heavy atom. The number of carbonyl (C=O) groups is 1. The molecule has 1 amide bonds. The van der Waals surface area contributed by atoms with Crippen molar-refractivity contribution in [2.45, 2.75) is 31.0 Å². The molecule has 186 valence electrons. The van der Waals surface area contributed by atoms with E-state index in [0.29, 0.717) is 23.1 Å². The molecule has 0 radical (unpaired) electrons. The Balaban J connectivity index is 1.48. The van der Waals surface area contributed by atoms with Gasteiger partial charge < -0.3 is 9.80 Å². The van der Waals surface area contributed by atoms with Crippen LogP contribution in [0.15, 0.2) is 91.1 Å². The molecular weight excluding hydrogens is 508 g/mol. The average molecular weight is 532 g/mol. The van der Waals surface area contributed by atoms with E-state index in [1.54, 1.807) is 6.07 Å². The van der Waals surface area contributed by atoms with Crippen molar-refractivity contribution in [1.82, 2.24) is 9.88 Å². The predicted molar refractivity (Wildman–Crippen MR) is 145 cm³/mol. The molecule has 2 aliphatic heterocycles. The van der Waals surface area contributed by atoms with Gasteiger partial charge in [-0.15, -0.1) is 0 Å². The van der Waals surface area contributed by atoms with Crippen molar-refractivity contribution in [1.29, 1.82) is 0 Å². The number of carbonyl (C=O) groups excluding carboxylic acids is 1. The third-order valence-corrected chi connectivity index (χ3v) is 8.09. The first-order valence-corrected chi connectivity index (χ1v) is 13.0. The predicted octanol–water partition coefficient (Wildman–Crippen LogP) is 6.90. The maximum atomic E-state index is 14.7. The lowest BCUT2D eigenvalue weighted by atomic mass is 9.74. The molecule has 4 nitrogen and oxygen atoms in total. The molecule has 7 heteroatoms. The summed E-state index contributed by atoms with van der Waals surface area (Å²) in [7, 11) is 0. The van der Waals surface area contributed by atoms with E-state index in [9.17, 15) is 9.18 Å². The van der Waals surface area contributed by atoms with Crippen LogP contribution < -0.4 is 4.90 Å². The number of hydrogen-bond donors (Lipinski definition) is 0. The molecule has 3 heterocycles. The Morgan fingerprint density at radius 2 is 1.59 bits per heavy atom. The summed E-state index contributed by atoms with van der Waals surface area (Å²) in [6.07, 6.45) is 2.53. The number of para-hydroxylation sites is 1. The van der Waals surface area contributed by atoms with Crippen molar-refractivity contribution in [3.8, 4) is 0 Å². The first-order valence-electron chi connectivity index (χ1n) is 12.2. The summed E-state index contributed by atoms with van der Waals surface area (Å²) in [5, 5.41) is 1.36. The number of anilines is 1. The smallest absolute Gasteiger partial charge is 0.260 e. The molecule has 4 aromatic rings. The first kappa shape index (κ1) is 24.0. The Morgan fingerprint density at radius 1 is 0.919 bits per heavy atom. The van der Waals surface area contributed by atoms with Crippen LogP contribution >= 0.6 is 23.2 Å². The van der Waals surface area contributed by atoms with Crippen molar-refractivity contribution >= 4 is 34.8 Å². The summed E-state index contributed by atoms with van der Waals surface area (Å²) in [4.78, 5) is 21.7. The third-order valence-electron chi connectivity index (χ3n) is 7.58. The van der Waals surface area contributed by atoms with Crippen molar-refractivity contribution < 1.29 is 9.18 Å². The van der Waals surface area contributed by atoms with E-state index in [0.717, 1.165) is 29.7 Å². The number of likely N-dealkylation sites (tertiary alicyclic amines) is 1. The SMILES string of the molecule is O=C(c1cccnc1F)N1CCC2(Cc3ccc(Cl)cc3)c3ccccc3N(Cc3ccc(Cl)cc3)C12. The second-order valence-corrected chi connectivity index (χ2v) is 10.6. The molecule has 2 atom stereocenters. The number of aromatic nitrogens is 1. The van der Waals surface area contributed by atoms with Gasteiger partial charge in [-0.2, -0.15) is 4.39 Å². The molecule has 0 spiro atoms. The van der Waals surface area contributed by atoms with Crippen molar-refractivity contribution in [2.24, 2.45) is 0 Å². The molecule has 1 aromatic heterocycles. The highest BCUT2D eigenvalue weighted by Gasteiger charge is 2.58. The van der Waals surface area contributed by atoms with Gasteiger partial charge >= 0.3 is 0 Å². The van der Waals surface area contributed by atoms with Crippen LogP contribution in [0.25, 0.3) is 0 Å². The van der Waals surface area contributed by atoms with Gasteiger partial charge in [0.25, 0.3) is 5.91 Å². The Labute approximate surface area is 225 Å². The number of pyridine rings is 1. The van der Waals surface area contributed by atoms with E-state index in [2.05, 4.69) is 28.1 Å². The minimum atomic E-state index is -0.748. The summed E-state index contributed by atoms with van der Waals surface area (Å²) >= 11 is 12.3. The maximum Gasteiger partial charge on any atom is 0.260 e. The molecule has 1 saturated heterocycles. The van der Waals surface area contributed by atoms with Crippen LogP contribution in [-0.4, -0.2) is 28.5 Å². The van der Waals surface area contributed by atoms with Gasteiger partial charge in [-0.05, 0) is 72.0 Å². The number of benzene rings is 3. The third kappa shape index (κ3) is 4.16. The second-order valence-electron chi connectivity index (χ2n) is 9.69. The van der Waals surface area contributed by atoms with Gasteiger partial charge in [0.2, 0.25) is 5.95 Å². The fourth-order valence-corrected chi connectivity index (χ4v) is 6.25. The zero-order valence-corrected chi connectivity index (χ0v) is 21.5.